The maximum Gasteiger partial charge on any atom is 0.298 e. The van der Waals surface area contributed by atoms with Crippen molar-refractivity contribution in [1.82, 2.24) is 0 Å². The first kappa shape index (κ1) is 16.5. The van der Waals surface area contributed by atoms with Gasteiger partial charge in [-0.3, -0.25) is 24.3 Å². The van der Waals surface area contributed by atoms with Crippen LogP contribution in [-0.4, -0.2) is 34.8 Å². The highest BCUT2D eigenvalue weighted by atomic mass is 32.2. The van der Waals surface area contributed by atoms with Gasteiger partial charge in [-0.2, -0.15) is 8.42 Å². The number of non-ortho nitro benzene ring substituents is 1. The van der Waals surface area contributed by atoms with Crippen molar-refractivity contribution < 1.29 is 32.6 Å². The van der Waals surface area contributed by atoms with Crippen molar-refractivity contribution in [1.29, 1.82) is 0 Å². The molecule has 2 aromatic rings. The third-order valence-electron chi connectivity index (χ3n) is 3.56. The van der Waals surface area contributed by atoms with E-state index in [9.17, 15) is 33.2 Å². The van der Waals surface area contributed by atoms with Crippen molar-refractivity contribution in [3.8, 4) is 5.75 Å². The maximum atomic E-state index is 12.4. The summed E-state index contributed by atoms with van der Waals surface area (Å²) in [6.45, 7) is 0. The lowest BCUT2D eigenvalue weighted by Crippen LogP contribution is -2.29. The molecule has 2 N–H and O–H groups in total. The predicted octanol–water partition coefficient (Wildman–Crippen LogP) is 1.35. The van der Waals surface area contributed by atoms with E-state index in [2.05, 4.69) is 0 Å². The smallest absolute Gasteiger partial charge is 0.298 e. The van der Waals surface area contributed by atoms with Crippen LogP contribution < -0.4 is 4.90 Å². The summed E-state index contributed by atoms with van der Waals surface area (Å²) in [6, 6.07) is 6.76. The summed E-state index contributed by atoms with van der Waals surface area (Å²) >= 11 is 0. The number of benzene rings is 2. The molecule has 0 radical (unpaired) electrons. The van der Waals surface area contributed by atoms with Crippen LogP contribution in [0.4, 0.5) is 11.4 Å². The largest absolute Gasteiger partial charge is 0.504 e. The van der Waals surface area contributed by atoms with Gasteiger partial charge in [-0.05, 0) is 12.1 Å². The highest BCUT2D eigenvalue weighted by Crippen LogP contribution is 2.41. The number of rotatable bonds is 3. The topological polar surface area (TPSA) is 155 Å². The Morgan fingerprint density at radius 1 is 1.04 bits per heavy atom. The Morgan fingerprint density at radius 2 is 1.56 bits per heavy atom. The van der Waals surface area contributed by atoms with Gasteiger partial charge in [0.2, 0.25) is 0 Å². The molecule has 1 aliphatic rings. The molecule has 0 saturated carbocycles. The molecule has 2 amide bonds. The number of phenolic OH excluding ortho intramolecular Hbond substituents is 1. The van der Waals surface area contributed by atoms with Crippen molar-refractivity contribution >= 4 is 33.3 Å². The number of hydrogen-bond donors (Lipinski definition) is 2. The van der Waals surface area contributed by atoms with E-state index in [1.54, 1.807) is 0 Å². The SMILES string of the molecule is O=C1c2ccccc2C(=O)N1c1cc([N+](=O)[O-])cc(S(=O)(=O)O)c1O. The van der Waals surface area contributed by atoms with E-state index in [0.717, 1.165) is 0 Å². The number of phenols is 1. The van der Waals surface area contributed by atoms with E-state index in [0.29, 0.717) is 17.0 Å². The molecule has 3 rings (SSSR count). The van der Waals surface area contributed by atoms with Gasteiger partial charge in [-0.15, -0.1) is 0 Å². The Balaban J connectivity index is 2.29. The first-order chi connectivity index (χ1) is 11.6. The van der Waals surface area contributed by atoms with Crippen LogP contribution in [0.1, 0.15) is 20.7 Å². The van der Waals surface area contributed by atoms with Crippen LogP contribution in [0.3, 0.4) is 0 Å². The molecule has 128 valence electrons. The molecular weight excluding hydrogens is 356 g/mol. The minimum atomic E-state index is -5.05. The molecular formula is C14H8N2O8S. The molecule has 1 aliphatic heterocycles. The Bertz CT molecular complexity index is 1030. The van der Waals surface area contributed by atoms with Gasteiger partial charge >= 0.3 is 0 Å². The van der Waals surface area contributed by atoms with Gasteiger partial charge in [0.1, 0.15) is 10.6 Å². The number of nitrogens with zero attached hydrogens (tertiary/aromatic N) is 2. The molecule has 0 spiro atoms. The van der Waals surface area contributed by atoms with Gasteiger partial charge in [-0.1, -0.05) is 12.1 Å². The fourth-order valence-electron chi connectivity index (χ4n) is 2.46. The Morgan fingerprint density at radius 3 is 2.00 bits per heavy atom. The zero-order chi connectivity index (χ0) is 18.5. The summed E-state index contributed by atoms with van der Waals surface area (Å²) in [5.74, 6) is -2.93. The molecule has 11 heteroatoms. The number of imide groups is 1. The molecule has 0 unspecified atom stereocenters. The highest BCUT2D eigenvalue weighted by molar-refractivity contribution is 7.86. The van der Waals surface area contributed by atoms with Crippen LogP contribution in [0.25, 0.3) is 0 Å². The summed E-state index contributed by atoms with van der Waals surface area (Å²) < 4.78 is 31.9. The second kappa shape index (κ2) is 5.36. The van der Waals surface area contributed by atoms with Gasteiger partial charge in [0.15, 0.2) is 5.75 Å². The van der Waals surface area contributed by atoms with Crippen LogP contribution in [0.5, 0.6) is 5.75 Å². The van der Waals surface area contributed by atoms with E-state index in [1.807, 2.05) is 0 Å². The number of aromatic hydroxyl groups is 1. The van der Waals surface area contributed by atoms with Crippen LogP contribution in [-0.2, 0) is 10.1 Å². The molecule has 2 aromatic carbocycles. The maximum absolute atomic E-state index is 12.4. The summed E-state index contributed by atoms with van der Waals surface area (Å²) in [7, 11) is -5.05. The van der Waals surface area contributed by atoms with E-state index >= 15 is 0 Å². The van der Waals surface area contributed by atoms with E-state index in [4.69, 9.17) is 4.55 Å². The van der Waals surface area contributed by atoms with Crippen LogP contribution >= 0.6 is 0 Å². The third kappa shape index (κ3) is 2.51. The number of nitro groups is 1. The first-order valence-electron chi connectivity index (χ1n) is 6.59. The standard InChI is InChI=1S/C14H8N2O8S/c17-12-10(5-7(16(20)21)6-11(12)25(22,23)24)15-13(18)8-3-1-2-4-9(8)14(15)19/h1-6,17H,(H,22,23,24). The average Bonchev–Trinajstić information content (AvgIpc) is 2.78. The normalized spacial score (nSPS) is 13.9. The number of carbonyl (C=O) groups excluding carboxylic acids is 2. The molecule has 0 aliphatic carbocycles. The van der Waals surface area contributed by atoms with Crippen LogP contribution in [0, 0.1) is 10.1 Å². The Labute approximate surface area is 139 Å². The molecule has 0 fully saturated rings. The molecule has 1 heterocycles. The fourth-order valence-corrected chi connectivity index (χ4v) is 3.08. The number of nitro benzene ring substituents is 1. The monoisotopic (exact) mass is 364 g/mol. The van der Waals surface area contributed by atoms with Crippen molar-refractivity contribution in [3.05, 3.63) is 57.6 Å². The molecule has 0 atom stereocenters. The summed E-state index contributed by atoms with van der Waals surface area (Å²) in [6.07, 6.45) is 0. The molecule has 25 heavy (non-hydrogen) atoms. The number of hydrogen-bond acceptors (Lipinski definition) is 7. The van der Waals surface area contributed by atoms with E-state index in [-0.39, 0.29) is 11.1 Å². The van der Waals surface area contributed by atoms with Gasteiger partial charge in [-0.25, -0.2) is 4.90 Å². The summed E-state index contributed by atoms with van der Waals surface area (Å²) in [5.41, 5.74) is -1.57. The zero-order valence-corrected chi connectivity index (χ0v) is 12.9. The summed E-state index contributed by atoms with van der Waals surface area (Å²) in [4.78, 5) is 34.1. The quantitative estimate of drug-likeness (QED) is 0.358. The minimum Gasteiger partial charge on any atom is -0.504 e. The predicted molar refractivity (Wildman–Crippen MR) is 82.2 cm³/mol. The lowest BCUT2D eigenvalue weighted by atomic mass is 10.1. The van der Waals surface area contributed by atoms with Crippen molar-refractivity contribution in [2.45, 2.75) is 4.90 Å². The fraction of sp³-hybridized carbons (Fsp3) is 0. The highest BCUT2D eigenvalue weighted by Gasteiger charge is 2.39. The molecule has 0 saturated heterocycles. The van der Waals surface area contributed by atoms with E-state index in [1.165, 1.54) is 24.3 Å². The van der Waals surface area contributed by atoms with Gasteiger partial charge in [0, 0.05) is 12.1 Å². The van der Waals surface area contributed by atoms with E-state index < -0.39 is 48.9 Å². The number of anilines is 1. The third-order valence-corrected chi connectivity index (χ3v) is 4.43. The second-order valence-corrected chi connectivity index (χ2v) is 6.43. The lowest BCUT2D eigenvalue weighted by Gasteiger charge is -2.16. The van der Waals surface area contributed by atoms with Crippen molar-refractivity contribution in [2.75, 3.05) is 4.90 Å². The molecule has 0 aromatic heterocycles. The van der Waals surface area contributed by atoms with Gasteiger partial charge in [0.05, 0.1) is 16.1 Å². The second-order valence-electron chi connectivity index (χ2n) is 5.04. The minimum absolute atomic E-state index is 0.00758. The number of carbonyl (C=O) groups is 2. The Hall–Kier alpha value is -3.31. The van der Waals surface area contributed by atoms with Crippen molar-refractivity contribution in [3.63, 3.8) is 0 Å². The Kier molecular flexibility index (Phi) is 3.55. The number of amides is 2. The summed E-state index contributed by atoms with van der Waals surface area (Å²) in [5, 5.41) is 21.1. The molecule has 0 bridgehead atoms. The number of fused-ring (bicyclic) bond motifs is 1. The van der Waals surface area contributed by atoms with Crippen LogP contribution in [0.15, 0.2) is 41.3 Å². The van der Waals surface area contributed by atoms with Gasteiger partial charge < -0.3 is 5.11 Å². The average molecular weight is 364 g/mol. The van der Waals surface area contributed by atoms with Crippen LogP contribution in [0.2, 0.25) is 0 Å². The van der Waals surface area contributed by atoms with Crippen molar-refractivity contribution in [2.24, 2.45) is 0 Å². The lowest BCUT2D eigenvalue weighted by molar-refractivity contribution is -0.385. The molecule has 10 nitrogen and oxygen atoms in total. The zero-order valence-electron chi connectivity index (χ0n) is 12.1. The van der Waals surface area contributed by atoms with Gasteiger partial charge in [0.25, 0.3) is 27.6 Å². The first-order valence-corrected chi connectivity index (χ1v) is 8.03.